The first-order valence-electron chi connectivity index (χ1n) is 15.2. The van der Waals surface area contributed by atoms with Crippen LogP contribution in [0.15, 0.2) is 24.5 Å². The minimum atomic E-state index is -0.506. The number of carbonyl (C=O) groups excluding carboxylic acids is 1. The van der Waals surface area contributed by atoms with Crippen molar-refractivity contribution in [2.24, 2.45) is 11.3 Å². The first kappa shape index (κ1) is 31.6. The predicted molar refractivity (Wildman–Crippen MR) is 160 cm³/mol. The molecule has 2 aromatic rings. The summed E-state index contributed by atoms with van der Waals surface area (Å²) >= 11 is 0. The lowest BCUT2D eigenvalue weighted by molar-refractivity contribution is -0.0339. The van der Waals surface area contributed by atoms with Gasteiger partial charge < -0.3 is 19.9 Å². The number of rotatable bonds is 14. The van der Waals surface area contributed by atoms with Crippen molar-refractivity contribution in [3.05, 3.63) is 35.9 Å². The Hall–Kier alpha value is -3.36. The van der Waals surface area contributed by atoms with E-state index in [1.54, 1.807) is 4.90 Å². The highest BCUT2D eigenvalue weighted by Crippen LogP contribution is 2.44. The average Bonchev–Trinajstić information content (AvgIpc) is 3.39. The van der Waals surface area contributed by atoms with Crippen LogP contribution in [0.3, 0.4) is 0 Å². The molecule has 1 aromatic heterocycles. The number of hydrogen-bond acceptors (Lipinski definition) is 9. The van der Waals surface area contributed by atoms with Gasteiger partial charge in [0.05, 0.1) is 11.6 Å². The van der Waals surface area contributed by atoms with E-state index in [1.807, 2.05) is 20.8 Å². The molecule has 2 saturated heterocycles. The largest absolute Gasteiger partial charge is 0.434 e. The monoisotopic (exact) mass is 580 g/mol. The molecule has 4 rings (SSSR count). The Morgan fingerprint density at radius 3 is 2.71 bits per heavy atom. The number of aromatic nitrogens is 3. The number of amides is 1. The second-order valence-electron chi connectivity index (χ2n) is 12.2. The summed E-state index contributed by atoms with van der Waals surface area (Å²) in [6.07, 6.45) is 5.24. The van der Waals surface area contributed by atoms with Gasteiger partial charge >= 0.3 is 0 Å². The lowest BCUT2D eigenvalue weighted by Crippen LogP contribution is -2.62. The Bertz CT molecular complexity index is 1240. The number of halogens is 1. The van der Waals surface area contributed by atoms with E-state index >= 15 is 0 Å². The van der Waals surface area contributed by atoms with Gasteiger partial charge in [-0.15, -0.1) is 10.2 Å². The molecule has 0 bridgehead atoms. The Kier molecular flexibility index (Phi) is 10.7. The highest BCUT2D eigenvalue weighted by Gasteiger charge is 2.50. The van der Waals surface area contributed by atoms with Gasteiger partial charge in [-0.25, -0.2) is 9.37 Å². The van der Waals surface area contributed by atoms with Gasteiger partial charge in [-0.2, -0.15) is 5.26 Å². The van der Waals surface area contributed by atoms with Gasteiger partial charge in [0.15, 0.2) is 5.82 Å². The van der Waals surface area contributed by atoms with Crippen LogP contribution in [0.4, 0.5) is 10.2 Å². The third-order valence-corrected chi connectivity index (χ3v) is 8.50. The van der Waals surface area contributed by atoms with E-state index in [2.05, 4.69) is 50.2 Å². The Morgan fingerprint density at radius 2 is 2.02 bits per heavy atom. The maximum atomic E-state index is 14.2. The summed E-state index contributed by atoms with van der Waals surface area (Å²) in [5.41, 5.74) is 0.339. The zero-order valence-corrected chi connectivity index (χ0v) is 25.6. The van der Waals surface area contributed by atoms with Crippen LogP contribution in [0.2, 0.25) is 0 Å². The molecule has 2 fully saturated rings. The summed E-state index contributed by atoms with van der Waals surface area (Å²) < 4.78 is 20.4. The Labute approximate surface area is 249 Å². The second kappa shape index (κ2) is 14.2. The minimum absolute atomic E-state index is 0.0448. The molecule has 0 saturated carbocycles. The molecule has 0 radical (unpaired) electrons. The fourth-order valence-electron chi connectivity index (χ4n) is 6.37. The van der Waals surface area contributed by atoms with Crippen LogP contribution in [-0.4, -0.2) is 88.8 Å². The molecule has 1 atom stereocenters. The highest BCUT2D eigenvalue weighted by molar-refractivity contribution is 5.97. The van der Waals surface area contributed by atoms with E-state index in [-0.39, 0.29) is 34.6 Å². The maximum Gasteiger partial charge on any atom is 0.282 e. The summed E-state index contributed by atoms with van der Waals surface area (Å²) in [5.74, 6) is 0.791. The molecule has 2 aliphatic heterocycles. The molecular formula is C31H45FN8O2. The first-order chi connectivity index (χ1) is 20.2. The van der Waals surface area contributed by atoms with Crippen molar-refractivity contribution >= 4 is 11.7 Å². The van der Waals surface area contributed by atoms with Crippen molar-refractivity contribution in [3.8, 4) is 17.7 Å². The number of nitrogens with zero attached hydrogens (tertiary/aromatic N) is 7. The number of anilines is 1. The van der Waals surface area contributed by atoms with Crippen LogP contribution in [0.1, 0.15) is 70.7 Å². The molecular weight excluding hydrogens is 535 g/mol. The number of likely N-dealkylation sites (tertiary alicyclic amines) is 1. The van der Waals surface area contributed by atoms with Gasteiger partial charge in [-0.1, -0.05) is 13.8 Å². The van der Waals surface area contributed by atoms with Crippen molar-refractivity contribution in [3.63, 3.8) is 0 Å². The van der Waals surface area contributed by atoms with E-state index in [9.17, 15) is 9.18 Å². The van der Waals surface area contributed by atoms with Crippen molar-refractivity contribution in [1.82, 2.24) is 30.3 Å². The Morgan fingerprint density at radius 1 is 1.24 bits per heavy atom. The SMILES string of the molecule is CCN(C(=O)c1cc(F)ccc1Oc1nncnc1N1CCC2(C1)CN([C@H](CCCNCCC#N)C(C)C)C2)C(C)C. The van der Waals surface area contributed by atoms with E-state index < -0.39 is 5.82 Å². The standard InChI is InChI=1S/C31H45FN8O2/c1-6-40(23(4)5)30(41)25-17-24(32)10-11-27(25)42-29-28(35-21-36-37-29)38-16-12-31(18-38)19-39(20-31)26(22(2)3)9-7-14-34-15-8-13-33/h10-11,17,21-23,26,34H,6-9,12,14-16,18-20H2,1-5H3/t26-/m1/s1. The summed E-state index contributed by atoms with van der Waals surface area (Å²) in [6, 6.07) is 6.63. The molecule has 10 nitrogen and oxygen atoms in total. The number of nitriles is 1. The van der Waals surface area contributed by atoms with E-state index in [0.29, 0.717) is 30.7 Å². The van der Waals surface area contributed by atoms with E-state index in [4.69, 9.17) is 10.00 Å². The summed E-state index contributed by atoms with van der Waals surface area (Å²) in [5, 5.41) is 20.2. The summed E-state index contributed by atoms with van der Waals surface area (Å²) in [6.45, 7) is 16.3. The molecule has 0 unspecified atom stereocenters. The highest BCUT2D eigenvalue weighted by atomic mass is 19.1. The topological polar surface area (TPSA) is 111 Å². The van der Waals surface area contributed by atoms with Crippen LogP contribution < -0.4 is 15.0 Å². The van der Waals surface area contributed by atoms with Crippen molar-refractivity contribution in [2.45, 2.75) is 72.4 Å². The van der Waals surface area contributed by atoms with Gasteiger partial charge in [0.1, 0.15) is 17.9 Å². The molecule has 1 amide bonds. The molecule has 1 N–H and O–H groups in total. The molecule has 1 aromatic carbocycles. The summed E-state index contributed by atoms with van der Waals surface area (Å²) in [7, 11) is 0. The third-order valence-electron chi connectivity index (χ3n) is 8.50. The van der Waals surface area contributed by atoms with Gasteiger partial charge in [-0.3, -0.25) is 9.69 Å². The van der Waals surface area contributed by atoms with E-state index in [1.165, 1.54) is 24.5 Å². The van der Waals surface area contributed by atoms with Crippen LogP contribution in [-0.2, 0) is 0 Å². The number of carbonyl (C=O) groups is 1. The van der Waals surface area contributed by atoms with Gasteiger partial charge in [0.25, 0.3) is 11.8 Å². The van der Waals surface area contributed by atoms with Crippen molar-refractivity contribution < 1.29 is 13.9 Å². The number of benzene rings is 1. The molecule has 1 spiro atoms. The second-order valence-corrected chi connectivity index (χ2v) is 12.2. The molecule has 228 valence electrons. The van der Waals surface area contributed by atoms with Gasteiger partial charge in [-0.05, 0) is 70.7 Å². The number of ether oxygens (including phenoxy) is 1. The van der Waals surface area contributed by atoms with Crippen LogP contribution >= 0.6 is 0 Å². The average molecular weight is 581 g/mol. The quantitative estimate of drug-likeness (QED) is 0.323. The molecule has 42 heavy (non-hydrogen) atoms. The fourth-order valence-corrected chi connectivity index (χ4v) is 6.37. The molecule has 2 aliphatic rings. The fraction of sp³-hybridized carbons (Fsp3) is 0.645. The van der Waals surface area contributed by atoms with Crippen LogP contribution in [0.5, 0.6) is 11.6 Å². The molecule has 3 heterocycles. The minimum Gasteiger partial charge on any atom is -0.434 e. The van der Waals surface area contributed by atoms with Gasteiger partial charge in [0.2, 0.25) is 0 Å². The lowest BCUT2D eigenvalue weighted by atomic mass is 9.76. The zero-order valence-electron chi connectivity index (χ0n) is 25.6. The Balaban J connectivity index is 1.42. The van der Waals surface area contributed by atoms with E-state index in [0.717, 1.165) is 58.5 Å². The van der Waals surface area contributed by atoms with Gasteiger partial charge in [0, 0.05) is 63.2 Å². The van der Waals surface area contributed by atoms with Crippen LogP contribution in [0, 0.1) is 28.5 Å². The maximum absolute atomic E-state index is 14.2. The normalized spacial score (nSPS) is 17.0. The smallest absolute Gasteiger partial charge is 0.282 e. The molecule has 11 heteroatoms. The molecule has 0 aliphatic carbocycles. The first-order valence-corrected chi connectivity index (χ1v) is 15.2. The third kappa shape index (κ3) is 7.34. The lowest BCUT2D eigenvalue weighted by Gasteiger charge is -2.53. The summed E-state index contributed by atoms with van der Waals surface area (Å²) in [4.78, 5) is 24.3. The predicted octanol–water partition coefficient (Wildman–Crippen LogP) is 4.49. The van der Waals surface area contributed by atoms with Crippen molar-refractivity contribution in [2.75, 3.05) is 50.7 Å². The van der Waals surface area contributed by atoms with Crippen molar-refractivity contribution in [1.29, 1.82) is 5.26 Å². The number of nitrogens with one attached hydrogen (secondary N) is 1. The number of hydrogen-bond donors (Lipinski definition) is 1. The zero-order chi connectivity index (χ0) is 30.3. The van der Waals surface area contributed by atoms with Crippen LogP contribution in [0.25, 0.3) is 0 Å².